The van der Waals surface area contributed by atoms with Crippen molar-refractivity contribution in [3.8, 4) is 0 Å². The molecule has 6 nitrogen and oxygen atoms in total. The molecule has 20 heavy (non-hydrogen) atoms. The summed E-state index contributed by atoms with van der Waals surface area (Å²) in [6.45, 7) is 4.99. The summed E-state index contributed by atoms with van der Waals surface area (Å²) in [4.78, 5) is 25.9. The zero-order valence-corrected chi connectivity index (χ0v) is 12.7. The minimum atomic E-state index is -0.247. The summed E-state index contributed by atoms with van der Waals surface area (Å²) in [5.74, 6) is 1.45. The lowest BCUT2D eigenvalue weighted by molar-refractivity contribution is 0.296. The van der Waals surface area contributed by atoms with Crippen LogP contribution in [0.2, 0.25) is 0 Å². The van der Waals surface area contributed by atoms with Crippen LogP contribution in [0.5, 0.6) is 0 Å². The van der Waals surface area contributed by atoms with Crippen molar-refractivity contribution in [2.45, 2.75) is 6.54 Å². The third-order valence-electron chi connectivity index (χ3n) is 4.48. The summed E-state index contributed by atoms with van der Waals surface area (Å²) in [5, 5.41) is 3.41. The predicted molar refractivity (Wildman–Crippen MR) is 79.3 cm³/mol. The summed E-state index contributed by atoms with van der Waals surface area (Å²) in [6.07, 6.45) is 0. The summed E-state index contributed by atoms with van der Waals surface area (Å²) >= 11 is 0. The van der Waals surface area contributed by atoms with Crippen LogP contribution in [-0.4, -0.2) is 40.2 Å². The first-order valence-electron chi connectivity index (χ1n) is 6.75. The lowest BCUT2D eigenvalue weighted by Crippen LogP contribution is -2.39. The molecule has 112 valence electrons. The van der Waals surface area contributed by atoms with Gasteiger partial charge in [0.15, 0.2) is 0 Å². The molecule has 3 heterocycles. The van der Waals surface area contributed by atoms with E-state index in [1.54, 1.807) is 17.7 Å². The molecule has 1 N–H and O–H groups in total. The fourth-order valence-corrected chi connectivity index (χ4v) is 3.24. The Bertz CT molecular complexity index is 597. The van der Waals surface area contributed by atoms with E-state index in [4.69, 9.17) is 0 Å². The zero-order chi connectivity index (χ0) is 13.6. The van der Waals surface area contributed by atoms with Gasteiger partial charge in [-0.25, -0.2) is 4.79 Å². The first kappa shape index (κ1) is 15.3. The highest BCUT2D eigenvalue weighted by Crippen LogP contribution is 2.26. The van der Waals surface area contributed by atoms with E-state index in [0.717, 1.165) is 48.3 Å². The number of halogens is 1. The van der Waals surface area contributed by atoms with Gasteiger partial charge in [0, 0.05) is 45.5 Å². The Morgan fingerprint density at radius 1 is 1.15 bits per heavy atom. The van der Waals surface area contributed by atoms with Gasteiger partial charge in [0.1, 0.15) is 0 Å². The van der Waals surface area contributed by atoms with Crippen molar-refractivity contribution in [2.75, 3.05) is 26.2 Å². The second-order valence-corrected chi connectivity index (χ2v) is 5.75. The van der Waals surface area contributed by atoms with E-state index in [2.05, 4.69) is 10.2 Å². The van der Waals surface area contributed by atoms with Gasteiger partial charge in [-0.2, -0.15) is 0 Å². The molecule has 0 aromatic carbocycles. The van der Waals surface area contributed by atoms with Crippen molar-refractivity contribution in [1.29, 1.82) is 0 Å². The van der Waals surface area contributed by atoms with E-state index in [0.29, 0.717) is 6.54 Å². The van der Waals surface area contributed by atoms with Gasteiger partial charge in [0.25, 0.3) is 5.56 Å². The third kappa shape index (κ3) is 2.55. The minimum absolute atomic E-state index is 0. The molecule has 0 amide bonds. The standard InChI is InChI=1S/C13H20N4O2.ClH/c1-15-11(3-12(18)16(2)13(15)19)8-17-6-9-4-14-5-10(9)7-17;/h3,9-10,14H,4-8H2,1-2H3;1H/t9-,10+;. The predicted octanol–water partition coefficient (Wildman–Crippen LogP) is -0.843. The van der Waals surface area contributed by atoms with E-state index >= 15 is 0 Å². The molecule has 1 aromatic rings. The minimum Gasteiger partial charge on any atom is -0.316 e. The molecular weight excluding hydrogens is 280 g/mol. The Labute approximate surface area is 123 Å². The van der Waals surface area contributed by atoms with Crippen LogP contribution >= 0.6 is 12.4 Å². The number of nitrogens with one attached hydrogen (secondary N) is 1. The maximum absolute atomic E-state index is 11.9. The van der Waals surface area contributed by atoms with Gasteiger partial charge in [-0.3, -0.25) is 18.8 Å². The van der Waals surface area contributed by atoms with E-state index in [1.165, 1.54) is 7.05 Å². The first-order valence-corrected chi connectivity index (χ1v) is 6.75. The fourth-order valence-electron chi connectivity index (χ4n) is 3.24. The molecule has 2 saturated heterocycles. The number of likely N-dealkylation sites (tertiary alicyclic amines) is 1. The van der Waals surface area contributed by atoms with Crippen LogP contribution in [-0.2, 0) is 20.6 Å². The van der Waals surface area contributed by atoms with Crippen LogP contribution in [0.3, 0.4) is 0 Å². The quantitative estimate of drug-likeness (QED) is 0.773. The molecule has 1 aromatic heterocycles. The van der Waals surface area contributed by atoms with Crippen LogP contribution in [0, 0.1) is 11.8 Å². The monoisotopic (exact) mass is 300 g/mol. The Hall–Kier alpha value is -1.11. The van der Waals surface area contributed by atoms with Crippen molar-refractivity contribution in [3.05, 3.63) is 32.6 Å². The molecule has 2 fully saturated rings. The highest BCUT2D eigenvalue weighted by atomic mass is 35.5. The summed E-state index contributed by atoms with van der Waals surface area (Å²) in [6, 6.07) is 1.58. The van der Waals surface area contributed by atoms with Gasteiger partial charge in [-0.05, 0) is 24.9 Å². The van der Waals surface area contributed by atoms with E-state index in [1.807, 2.05) is 0 Å². The molecule has 3 rings (SSSR count). The number of nitrogens with zero attached hydrogens (tertiary/aromatic N) is 3. The van der Waals surface area contributed by atoms with Crippen LogP contribution < -0.4 is 16.6 Å². The first-order chi connectivity index (χ1) is 9.06. The topological polar surface area (TPSA) is 59.3 Å². The highest BCUT2D eigenvalue weighted by Gasteiger charge is 2.36. The SMILES string of the molecule is Cl.Cn1c(CN2C[C@H]3CNC[C@H]3C2)cc(=O)n(C)c1=O. The number of hydrogen-bond donors (Lipinski definition) is 1. The Morgan fingerprint density at radius 2 is 1.75 bits per heavy atom. The summed E-state index contributed by atoms with van der Waals surface area (Å²) < 4.78 is 2.72. The number of rotatable bonds is 2. The van der Waals surface area contributed by atoms with Gasteiger partial charge >= 0.3 is 5.69 Å². The van der Waals surface area contributed by atoms with Crippen molar-refractivity contribution in [3.63, 3.8) is 0 Å². The number of fused-ring (bicyclic) bond motifs is 1. The van der Waals surface area contributed by atoms with Crippen LogP contribution in [0.4, 0.5) is 0 Å². The highest BCUT2D eigenvalue weighted by molar-refractivity contribution is 5.85. The van der Waals surface area contributed by atoms with Gasteiger partial charge in [0.05, 0.1) is 0 Å². The zero-order valence-electron chi connectivity index (χ0n) is 11.8. The fraction of sp³-hybridized carbons (Fsp3) is 0.692. The summed E-state index contributed by atoms with van der Waals surface area (Å²) in [5.41, 5.74) is 0.337. The van der Waals surface area contributed by atoms with Crippen molar-refractivity contribution < 1.29 is 0 Å². The molecule has 0 unspecified atom stereocenters. The van der Waals surface area contributed by atoms with Crippen LogP contribution in [0.1, 0.15) is 5.69 Å². The largest absolute Gasteiger partial charge is 0.330 e. The Morgan fingerprint density at radius 3 is 2.35 bits per heavy atom. The lowest BCUT2D eigenvalue weighted by Gasteiger charge is -2.18. The van der Waals surface area contributed by atoms with Gasteiger partial charge in [-0.15, -0.1) is 12.4 Å². The maximum atomic E-state index is 11.9. The lowest BCUT2D eigenvalue weighted by atomic mass is 10.0. The van der Waals surface area contributed by atoms with Crippen LogP contribution in [0.15, 0.2) is 15.7 Å². The molecule has 0 saturated carbocycles. The maximum Gasteiger partial charge on any atom is 0.330 e. The molecule has 0 spiro atoms. The molecule has 0 bridgehead atoms. The second-order valence-electron chi connectivity index (χ2n) is 5.75. The molecule has 0 radical (unpaired) electrons. The summed E-state index contributed by atoms with van der Waals surface area (Å²) in [7, 11) is 3.25. The van der Waals surface area contributed by atoms with Gasteiger partial charge in [-0.1, -0.05) is 0 Å². The Kier molecular flexibility index (Phi) is 4.36. The van der Waals surface area contributed by atoms with Gasteiger partial charge < -0.3 is 5.32 Å². The van der Waals surface area contributed by atoms with E-state index < -0.39 is 0 Å². The molecule has 7 heteroatoms. The smallest absolute Gasteiger partial charge is 0.316 e. The number of hydrogen-bond acceptors (Lipinski definition) is 4. The second kappa shape index (κ2) is 5.71. The third-order valence-corrected chi connectivity index (χ3v) is 4.48. The number of aromatic nitrogens is 2. The van der Waals surface area contributed by atoms with Crippen molar-refractivity contribution in [1.82, 2.24) is 19.4 Å². The normalized spacial score (nSPS) is 25.5. The van der Waals surface area contributed by atoms with Crippen LogP contribution in [0.25, 0.3) is 0 Å². The average molecular weight is 301 g/mol. The van der Waals surface area contributed by atoms with Crippen molar-refractivity contribution in [2.24, 2.45) is 25.9 Å². The van der Waals surface area contributed by atoms with E-state index in [9.17, 15) is 9.59 Å². The van der Waals surface area contributed by atoms with Gasteiger partial charge in [0.2, 0.25) is 0 Å². The molecule has 2 aliphatic heterocycles. The molecule has 2 aliphatic rings. The Balaban J connectivity index is 0.00000147. The molecule has 2 atom stereocenters. The average Bonchev–Trinajstić information content (AvgIpc) is 2.94. The van der Waals surface area contributed by atoms with E-state index in [-0.39, 0.29) is 23.7 Å². The van der Waals surface area contributed by atoms with Crippen molar-refractivity contribution >= 4 is 12.4 Å². The molecule has 0 aliphatic carbocycles. The molecular formula is C13H21ClN4O2.